The minimum Gasteiger partial charge on any atom is -0.315 e. The zero-order valence-electron chi connectivity index (χ0n) is 11.3. The molecule has 0 aromatic heterocycles. The summed E-state index contributed by atoms with van der Waals surface area (Å²) in [5.41, 5.74) is 3.13. The molecule has 0 aliphatic carbocycles. The molecule has 0 aliphatic rings. The lowest BCUT2D eigenvalue weighted by molar-refractivity contribution is 0.440. The van der Waals surface area contributed by atoms with Crippen molar-refractivity contribution >= 4 is 0 Å². The van der Waals surface area contributed by atoms with Crippen LogP contribution in [0, 0.1) is 6.92 Å². The quantitative estimate of drug-likeness (QED) is 0.797. The zero-order valence-corrected chi connectivity index (χ0v) is 11.3. The van der Waals surface area contributed by atoms with E-state index in [0.717, 1.165) is 6.54 Å². The highest BCUT2D eigenvalue weighted by atomic mass is 14.9. The summed E-state index contributed by atoms with van der Waals surface area (Å²) in [4.78, 5) is 0. The maximum Gasteiger partial charge on any atom is 0.00103 e. The average molecular weight is 219 g/mol. The van der Waals surface area contributed by atoms with Gasteiger partial charge >= 0.3 is 0 Å². The van der Waals surface area contributed by atoms with Crippen LogP contribution in [0.2, 0.25) is 0 Å². The molecule has 0 heterocycles. The molecule has 0 saturated heterocycles. The Labute approximate surface area is 100 Å². The van der Waals surface area contributed by atoms with Crippen LogP contribution >= 0.6 is 0 Å². The molecule has 1 nitrogen and oxygen atoms in total. The molecular weight excluding hydrogens is 194 g/mol. The molecule has 1 aromatic carbocycles. The summed E-state index contributed by atoms with van der Waals surface area (Å²) in [6, 6.07) is 9.28. The van der Waals surface area contributed by atoms with Crippen molar-refractivity contribution in [2.75, 3.05) is 6.54 Å². The molecule has 16 heavy (non-hydrogen) atoms. The predicted octanol–water partition coefficient (Wildman–Crippen LogP) is 3.66. The lowest BCUT2D eigenvalue weighted by Gasteiger charge is -2.27. The van der Waals surface area contributed by atoms with Crippen LogP contribution in [-0.4, -0.2) is 12.6 Å². The van der Waals surface area contributed by atoms with E-state index in [9.17, 15) is 0 Å². The van der Waals surface area contributed by atoms with Gasteiger partial charge < -0.3 is 5.32 Å². The van der Waals surface area contributed by atoms with Crippen molar-refractivity contribution in [1.82, 2.24) is 5.32 Å². The van der Waals surface area contributed by atoms with Crippen molar-refractivity contribution in [3.8, 4) is 0 Å². The molecular formula is C15H25N. The van der Waals surface area contributed by atoms with E-state index >= 15 is 0 Å². The molecule has 0 amide bonds. The van der Waals surface area contributed by atoms with Crippen LogP contribution in [0.1, 0.15) is 45.2 Å². The Balaban J connectivity index is 2.66. The number of nitrogens with one attached hydrogen (secondary N) is 1. The largest absolute Gasteiger partial charge is 0.315 e. The van der Waals surface area contributed by atoms with E-state index in [1.54, 1.807) is 0 Å². The zero-order chi connectivity index (χ0) is 12.2. The van der Waals surface area contributed by atoms with Crippen molar-refractivity contribution in [3.63, 3.8) is 0 Å². The molecule has 0 fully saturated rings. The highest BCUT2D eigenvalue weighted by Gasteiger charge is 2.21. The van der Waals surface area contributed by atoms with E-state index in [2.05, 4.69) is 64.2 Å². The predicted molar refractivity (Wildman–Crippen MR) is 72.0 cm³/mol. The Bertz CT molecular complexity index is 326. The molecule has 0 spiro atoms. The summed E-state index contributed by atoms with van der Waals surface area (Å²) in [7, 11) is 0. The molecule has 90 valence electrons. The van der Waals surface area contributed by atoms with Gasteiger partial charge in [-0.2, -0.15) is 0 Å². The van der Waals surface area contributed by atoms with Gasteiger partial charge in [-0.25, -0.2) is 0 Å². The Morgan fingerprint density at radius 2 is 1.81 bits per heavy atom. The third-order valence-corrected chi connectivity index (χ3v) is 3.18. The summed E-state index contributed by atoms with van der Waals surface area (Å²) in [6.45, 7) is 12.3. The minimum atomic E-state index is 0.257. The standard InChI is InChI=1S/C15H25N/c1-12(2)16-11-10-15(4,5)14-9-7-6-8-13(14)3/h6-9,12,16H,10-11H2,1-5H3. The number of benzene rings is 1. The molecule has 1 aromatic rings. The molecule has 1 rings (SSSR count). The first-order valence-electron chi connectivity index (χ1n) is 6.23. The molecule has 0 bridgehead atoms. The van der Waals surface area contributed by atoms with E-state index in [1.807, 2.05) is 0 Å². The summed E-state index contributed by atoms with van der Waals surface area (Å²) in [5.74, 6) is 0. The summed E-state index contributed by atoms with van der Waals surface area (Å²) >= 11 is 0. The highest BCUT2D eigenvalue weighted by Crippen LogP contribution is 2.28. The van der Waals surface area contributed by atoms with E-state index in [4.69, 9.17) is 0 Å². The molecule has 1 N–H and O–H groups in total. The van der Waals surface area contributed by atoms with E-state index in [1.165, 1.54) is 17.5 Å². The molecule has 1 heteroatoms. The van der Waals surface area contributed by atoms with Crippen LogP contribution in [0.4, 0.5) is 0 Å². The highest BCUT2D eigenvalue weighted by molar-refractivity contribution is 5.32. The minimum absolute atomic E-state index is 0.257. The summed E-state index contributed by atoms with van der Waals surface area (Å²) in [6.07, 6.45) is 1.18. The van der Waals surface area contributed by atoms with Gasteiger partial charge in [0.25, 0.3) is 0 Å². The van der Waals surface area contributed by atoms with E-state index in [0.29, 0.717) is 6.04 Å². The first-order valence-corrected chi connectivity index (χ1v) is 6.23. The maximum atomic E-state index is 3.49. The third-order valence-electron chi connectivity index (χ3n) is 3.18. The Morgan fingerprint density at radius 3 is 2.38 bits per heavy atom. The Kier molecular flexibility index (Phi) is 4.55. The van der Waals surface area contributed by atoms with Gasteiger partial charge in [0.05, 0.1) is 0 Å². The first kappa shape index (κ1) is 13.2. The van der Waals surface area contributed by atoms with E-state index < -0.39 is 0 Å². The third kappa shape index (κ3) is 3.64. The number of rotatable bonds is 5. The maximum absolute atomic E-state index is 3.49. The monoisotopic (exact) mass is 219 g/mol. The lowest BCUT2D eigenvalue weighted by atomic mass is 9.79. The molecule has 0 radical (unpaired) electrons. The van der Waals surface area contributed by atoms with Crippen molar-refractivity contribution in [3.05, 3.63) is 35.4 Å². The Morgan fingerprint density at radius 1 is 1.19 bits per heavy atom. The smallest absolute Gasteiger partial charge is 0.00103 e. The van der Waals surface area contributed by atoms with Gasteiger partial charge in [0, 0.05) is 6.04 Å². The molecule has 0 unspecified atom stereocenters. The van der Waals surface area contributed by atoms with Gasteiger partial charge in [-0.3, -0.25) is 0 Å². The van der Waals surface area contributed by atoms with Gasteiger partial charge in [0.2, 0.25) is 0 Å². The number of aryl methyl sites for hydroxylation is 1. The van der Waals surface area contributed by atoms with Crippen molar-refractivity contribution in [2.24, 2.45) is 0 Å². The van der Waals surface area contributed by atoms with Crippen LogP contribution in [0.25, 0.3) is 0 Å². The molecule has 0 aliphatic heterocycles. The van der Waals surface area contributed by atoms with Gasteiger partial charge in [-0.05, 0) is 36.4 Å². The lowest BCUT2D eigenvalue weighted by Crippen LogP contribution is -2.30. The fourth-order valence-electron chi connectivity index (χ4n) is 2.14. The second-order valence-corrected chi connectivity index (χ2v) is 5.56. The van der Waals surface area contributed by atoms with Crippen LogP contribution in [0.15, 0.2) is 24.3 Å². The van der Waals surface area contributed by atoms with Gasteiger partial charge in [-0.15, -0.1) is 0 Å². The second kappa shape index (κ2) is 5.49. The second-order valence-electron chi connectivity index (χ2n) is 5.56. The fraction of sp³-hybridized carbons (Fsp3) is 0.600. The van der Waals surface area contributed by atoms with Crippen molar-refractivity contribution in [1.29, 1.82) is 0 Å². The van der Waals surface area contributed by atoms with Crippen LogP contribution < -0.4 is 5.32 Å². The Hall–Kier alpha value is -0.820. The van der Waals surface area contributed by atoms with Crippen molar-refractivity contribution < 1.29 is 0 Å². The molecule has 0 saturated carbocycles. The summed E-state index contributed by atoms with van der Waals surface area (Å²) in [5, 5.41) is 3.49. The van der Waals surface area contributed by atoms with Crippen molar-refractivity contribution in [2.45, 2.75) is 52.5 Å². The van der Waals surface area contributed by atoms with Crippen LogP contribution in [0.3, 0.4) is 0 Å². The normalized spacial score (nSPS) is 12.1. The van der Waals surface area contributed by atoms with Crippen LogP contribution in [-0.2, 0) is 5.41 Å². The topological polar surface area (TPSA) is 12.0 Å². The van der Waals surface area contributed by atoms with Gasteiger partial charge in [-0.1, -0.05) is 52.0 Å². The number of hydrogen-bond donors (Lipinski definition) is 1. The fourth-order valence-corrected chi connectivity index (χ4v) is 2.14. The first-order chi connectivity index (χ1) is 7.43. The van der Waals surface area contributed by atoms with Gasteiger partial charge in [0.15, 0.2) is 0 Å². The van der Waals surface area contributed by atoms with Crippen LogP contribution in [0.5, 0.6) is 0 Å². The average Bonchev–Trinajstić information content (AvgIpc) is 2.17. The SMILES string of the molecule is Cc1ccccc1C(C)(C)CCNC(C)C. The summed E-state index contributed by atoms with van der Waals surface area (Å²) < 4.78 is 0. The number of hydrogen-bond acceptors (Lipinski definition) is 1. The van der Waals surface area contributed by atoms with E-state index in [-0.39, 0.29) is 5.41 Å². The van der Waals surface area contributed by atoms with Gasteiger partial charge in [0.1, 0.15) is 0 Å². The molecule has 0 atom stereocenters.